The quantitative estimate of drug-likeness (QED) is 0.772. The van der Waals surface area contributed by atoms with E-state index < -0.39 is 0 Å². The maximum atomic E-state index is 10.1. The second kappa shape index (κ2) is 5.87. The summed E-state index contributed by atoms with van der Waals surface area (Å²) >= 11 is 0. The molecule has 1 saturated heterocycles. The van der Waals surface area contributed by atoms with Crippen molar-refractivity contribution in [3.05, 3.63) is 0 Å². The van der Waals surface area contributed by atoms with Gasteiger partial charge in [-0.25, -0.2) is 0 Å². The van der Waals surface area contributed by atoms with Gasteiger partial charge < -0.3 is 19.8 Å². The van der Waals surface area contributed by atoms with Gasteiger partial charge in [-0.3, -0.25) is 0 Å². The molecule has 1 saturated carbocycles. The number of ether oxygens (including phenoxy) is 1. The number of likely N-dealkylation sites (tertiary alicyclic amines) is 1. The minimum atomic E-state index is -0.215. The van der Waals surface area contributed by atoms with Crippen molar-refractivity contribution in [2.24, 2.45) is 5.41 Å². The molecule has 106 valence electrons. The number of β-amino-alcohol motifs (C(OH)–C–C–N with tert-alkyl or cyclic N) is 1. The molecular weight excluding hydrogens is 230 g/mol. The molecule has 0 aromatic carbocycles. The number of aliphatic hydroxyl groups is 2. The summed E-state index contributed by atoms with van der Waals surface area (Å²) in [5.74, 6) is 0. The first-order valence-electron chi connectivity index (χ1n) is 7.32. The molecule has 2 aliphatic rings. The minimum absolute atomic E-state index is 0.00365. The summed E-state index contributed by atoms with van der Waals surface area (Å²) in [7, 11) is 0. The van der Waals surface area contributed by atoms with Gasteiger partial charge in [-0.05, 0) is 39.3 Å². The van der Waals surface area contributed by atoms with Gasteiger partial charge in [-0.2, -0.15) is 0 Å². The number of piperidine rings is 1. The van der Waals surface area contributed by atoms with Crippen LogP contribution in [0, 0.1) is 5.41 Å². The average Bonchev–Trinajstić information content (AvgIpc) is 2.39. The van der Waals surface area contributed by atoms with E-state index in [9.17, 15) is 10.2 Å². The van der Waals surface area contributed by atoms with Gasteiger partial charge in [-0.1, -0.05) is 6.92 Å². The first kappa shape index (κ1) is 14.3. The molecule has 4 nitrogen and oxygen atoms in total. The number of hydrogen-bond acceptors (Lipinski definition) is 4. The van der Waals surface area contributed by atoms with E-state index in [-0.39, 0.29) is 23.7 Å². The van der Waals surface area contributed by atoms with Crippen LogP contribution in [-0.2, 0) is 4.74 Å². The van der Waals surface area contributed by atoms with Gasteiger partial charge in [0.1, 0.15) is 0 Å². The Hall–Kier alpha value is -0.160. The maximum Gasteiger partial charge on any atom is 0.0681 e. The van der Waals surface area contributed by atoms with Crippen LogP contribution in [0.25, 0.3) is 0 Å². The van der Waals surface area contributed by atoms with Gasteiger partial charge in [0.25, 0.3) is 0 Å². The summed E-state index contributed by atoms with van der Waals surface area (Å²) in [6.07, 6.45) is 3.44. The van der Waals surface area contributed by atoms with Crippen molar-refractivity contribution >= 4 is 0 Å². The van der Waals surface area contributed by atoms with E-state index >= 15 is 0 Å². The fourth-order valence-corrected chi connectivity index (χ4v) is 3.40. The van der Waals surface area contributed by atoms with E-state index in [1.165, 1.54) is 0 Å². The molecule has 1 spiro atoms. The Morgan fingerprint density at radius 1 is 1.33 bits per heavy atom. The zero-order chi connectivity index (χ0) is 13.2. The minimum Gasteiger partial charge on any atom is -0.392 e. The number of hydrogen-bond donors (Lipinski definition) is 2. The Kier molecular flexibility index (Phi) is 4.64. The monoisotopic (exact) mass is 257 g/mol. The molecular formula is C14H27NO3. The van der Waals surface area contributed by atoms with E-state index in [2.05, 4.69) is 4.90 Å². The molecule has 18 heavy (non-hydrogen) atoms. The Morgan fingerprint density at radius 2 is 2.00 bits per heavy atom. The molecule has 1 aliphatic heterocycles. The van der Waals surface area contributed by atoms with Crippen molar-refractivity contribution in [2.75, 3.05) is 26.2 Å². The highest BCUT2D eigenvalue weighted by molar-refractivity contribution is 5.06. The molecule has 0 unspecified atom stereocenters. The third-order valence-corrected chi connectivity index (χ3v) is 4.84. The Labute approximate surface area is 110 Å². The van der Waals surface area contributed by atoms with Gasteiger partial charge in [-0.15, -0.1) is 0 Å². The summed E-state index contributed by atoms with van der Waals surface area (Å²) < 4.78 is 5.75. The molecule has 0 amide bonds. The van der Waals surface area contributed by atoms with Crippen LogP contribution in [0.2, 0.25) is 0 Å². The highest BCUT2D eigenvalue weighted by Crippen LogP contribution is 2.50. The van der Waals surface area contributed by atoms with Crippen molar-refractivity contribution in [3.8, 4) is 0 Å². The van der Waals surface area contributed by atoms with Crippen LogP contribution in [0.1, 0.15) is 39.5 Å². The van der Waals surface area contributed by atoms with Crippen molar-refractivity contribution in [3.63, 3.8) is 0 Å². The van der Waals surface area contributed by atoms with Crippen LogP contribution in [0.4, 0.5) is 0 Å². The van der Waals surface area contributed by atoms with Crippen LogP contribution in [0.3, 0.4) is 0 Å². The molecule has 2 fully saturated rings. The summed E-state index contributed by atoms with van der Waals surface area (Å²) in [5.41, 5.74) is 0.00365. The van der Waals surface area contributed by atoms with Crippen molar-refractivity contribution in [2.45, 2.75) is 57.8 Å². The van der Waals surface area contributed by atoms with E-state index in [0.717, 1.165) is 51.9 Å². The van der Waals surface area contributed by atoms with Crippen LogP contribution in [0.5, 0.6) is 0 Å². The van der Waals surface area contributed by atoms with E-state index in [0.29, 0.717) is 0 Å². The lowest BCUT2D eigenvalue weighted by Gasteiger charge is -2.56. The third kappa shape index (κ3) is 2.57. The lowest BCUT2D eigenvalue weighted by Crippen LogP contribution is -2.62. The van der Waals surface area contributed by atoms with E-state index in [4.69, 9.17) is 4.74 Å². The predicted octanol–water partition coefficient (Wildman–Crippen LogP) is 1.01. The zero-order valence-electron chi connectivity index (χ0n) is 11.6. The van der Waals surface area contributed by atoms with Crippen LogP contribution >= 0.6 is 0 Å². The van der Waals surface area contributed by atoms with E-state index in [1.54, 1.807) is 0 Å². The van der Waals surface area contributed by atoms with Crippen LogP contribution in [0.15, 0.2) is 0 Å². The SMILES string of the molecule is CCO[C@H]1C[C@H](O)C12CCN(C[C@@H](O)CC)CC2. The molecule has 2 N–H and O–H groups in total. The van der Waals surface area contributed by atoms with E-state index in [1.807, 2.05) is 13.8 Å². The van der Waals surface area contributed by atoms with Gasteiger partial charge in [0.2, 0.25) is 0 Å². The standard InChI is InChI=1S/C14H27NO3/c1-3-11(16)10-15-7-5-14(6-8-15)12(17)9-13(14)18-4-2/h11-13,16-17H,3-10H2,1-2H3/t11-,12-,13-/m0/s1. The van der Waals surface area contributed by atoms with Gasteiger partial charge >= 0.3 is 0 Å². The lowest BCUT2D eigenvalue weighted by atomic mass is 9.58. The Bertz CT molecular complexity index is 262. The van der Waals surface area contributed by atoms with Crippen LogP contribution in [-0.4, -0.2) is 59.7 Å². The zero-order valence-corrected chi connectivity index (χ0v) is 11.6. The van der Waals surface area contributed by atoms with Crippen molar-refractivity contribution in [1.29, 1.82) is 0 Å². The number of aliphatic hydroxyl groups excluding tert-OH is 2. The van der Waals surface area contributed by atoms with Crippen LogP contribution < -0.4 is 0 Å². The maximum absolute atomic E-state index is 10.1. The topological polar surface area (TPSA) is 52.9 Å². The predicted molar refractivity (Wildman–Crippen MR) is 70.4 cm³/mol. The summed E-state index contributed by atoms with van der Waals surface area (Å²) in [6, 6.07) is 0. The first-order valence-corrected chi connectivity index (χ1v) is 7.32. The highest BCUT2D eigenvalue weighted by Gasteiger charge is 2.55. The third-order valence-electron chi connectivity index (χ3n) is 4.84. The largest absolute Gasteiger partial charge is 0.392 e. The fourth-order valence-electron chi connectivity index (χ4n) is 3.40. The molecule has 3 atom stereocenters. The van der Waals surface area contributed by atoms with Crippen molar-refractivity contribution in [1.82, 2.24) is 4.90 Å². The summed E-state index contributed by atoms with van der Waals surface area (Å²) in [6.45, 7) is 7.47. The van der Waals surface area contributed by atoms with Crippen molar-refractivity contribution < 1.29 is 14.9 Å². The van der Waals surface area contributed by atoms with Gasteiger partial charge in [0.15, 0.2) is 0 Å². The Balaban J connectivity index is 1.85. The molecule has 2 rings (SSSR count). The molecule has 0 bridgehead atoms. The fraction of sp³-hybridized carbons (Fsp3) is 1.00. The highest BCUT2D eigenvalue weighted by atomic mass is 16.5. The molecule has 1 heterocycles. The molecule has 0 radical (unpaired) electrons. The number of rotatable bonds is 5. The Morgan fingerprint density at radius 3 is 2.50 bits per heavy atom. The van der Waals surface area contributed by atoms with Gasteiger partial charge in [0, 0.05) is 25.0 Å². The number of nitrogens with zero attached hydrogens (tertiary/aromatic N) is 1. The first-order chi connectivity index (χ1) is 8.62. The molecule has 0 aromatic rings. The smallest absolute Gasteiger partial charge is 0.0681 e. The van der Waals surface area contributed by atoms with Gasteiger partial charge in [0.05, 0.1) is 18.3 Å². The molecule has 1 aliphatic carbocycles. The lowest BCUT2D eigenvalue weighted by molar-refractivity contribution is -0.210. The summed E-state index contributed by atoms with van der Waals surface area (Å²) in [4.78, 5) is 2.31. The average molecular weight is 257 g/mol. The molecule has 0 aromatic heterocycles. The molecule has 4 heteroatoms. The second-order valence-corrected chi connectivity index (χ2v) is 5.79. The summed E-state index contributed by atoms with van der Waals surface area (Å²) in [5, 5.41) is 19.8. The normalized spacial score (nSPS) is 33.3. The second-order valence-electron chi connectivity index (χ2n) is 5.79.